The summed E-state index contributed by atoms with van der Waals surface area (Å²) in [5.41, 5.74) is 5.66. The lowest BCUT2D eigenvalue weighted by Crippen LogP contribution is -2.39. The maximum atomic E-state index is 11.9. The molecule has 1 unspecified atom stereocenters. The molecular formula is C12H22N2O. The van der Waals surface area contributed by atoms with Gasteiger partial charge in [-0.3, -0.25) is 4.79 Å². The first-order valence-electron chi connectivity index (χ1n) is 5.80. The lowest BCUT2D eigenvalue weighted by molar-refractivity contribution is -0.126. The molecule has 15 heavy (non-hydrogen) atoms. The summed E-state index contributed by atoms with van der Waals surface area (Å²) in [5.74, 6) is 0.709. The van der Waals surface area contributed by atoms with Gasteiger partial charge in [-0.15, -0.1) is 6.58 Å². The van der Waals surface area contributed by atoms with Crippen LogP contribution in [-0.2, 0) is 4.79 Å². The highest BCUT2D eigenvalue weighted by molar-refractivity contribution is 5.79. The van der Waals surface area contributed by atoms with Gasteiger partial charge in [0.15, 0.2) is 0 Å². The van der Waals surface area contributed by atoms with Gasteiger partial charge in [0.05, 0.1) is 0 Å². The predicted octanol–water partition coefficient (Wildman–Crippen LogP) is 1.44. The first-order chi connectivity index (χ1) is 7.19. The summed E-state index contributed by atoms with van der Waals surface area (Å²) in [7, 11) is 0. The molecule has 0 bridgehead atoms. The second-order valence-electron chi connectivity index (χ2n) is 4.47. The van der Waals surface area contributed by atoms with Gasteiger partial charge in [-0.05, 0) is 38.6 Å². The van der Waals surface area contributed by atoms with Gasteiger partial charge >= 0.3 is 0 Å². The lowest BCUT2D eigenvalue weighted by atomic mass is 9.95. The van der Waals surface area contributed by atoms with Crippen molar-refractivity contribution in [2.24, 2.45) is 17.6 Å². The summed E-state index contributed by atoms with van der Waals surface area (Å²) in [4.78, 5) is 11.9. The zero-order valence-corrected chi connectivity index (χ0v) is 9.54. The standard InChI is InChI=1S/C12H22N2O/c1-3-5-9(2)14-12(15)11-7-4-6-10(11)8-13/h3,9-11H,1,4-8,13H2,2H3,(H,14,15)/t9?,10-,11-/m1/s1. The summed E-state index contributed by atoms with van der Waals surface area (Å²) in [6.07, 6.45) is 5.89. The van der Waals surface area contributed by atoms with Crippen LogP contribution in [0.25, 0.3) is 0 Å². The van der Waals surface area contributed by atoms with Crippen LogP contribution in [0, 0.1) is 11.8 Å². The van der Waals surface area contributed by atoms with Crippen LogP contribution in [0.4, 0.5) is 0 Å². The fourth-order valence-corrected chi connectivity index (χ4v) is 2.32. The lowest BCUT2D eigenvalue weighted by Gasteiger charge is -2.20. The van der Waals surface area contributed by atoms with Crippen molar-refractivity contribution < 1.29 is 4.79 Å². The highest BCUT2D eigenvalue weighted by Gasteiger charge is 2.32. The molecule has 1 aliphatic rings. The Hall–Kier alpha value is -0.830. The summed E-state index contributed by atoms with van der Waals surface area (Å²) in [6, 6.07) is 0.189. The zero-order valence-electron chi connectivity index (χ0n) is 9.54. The number of nitrogens with two attached hydrogens (primary N) is 1. The minimum Gasteiger partial charge on any atom is -0.353 e. The molecule has 3 nitrogen and oxygen atoms in total. The normalized spacial score (nSPS) is 27.3. The smallest absolute Gasteiger partial charge is 0.223 e. The Kier molecular flexibility index (Phi) is 4.82. The third-order valence-corrected chi connectivity index (χ3v) is 3.21. The van der Waals surface area contributed by atoms with E-state index in [9.17, 15) is 4.79 Å². The van der Waals surface area contributed by atoms with Crippen LogP contribution in [0.15, 0.2) is 12.7 Å². The number of carbonyl (C=O) groups is 1. The van der Waals surface area contributed by atoms with Crippen LogP contribution in [0.2, 0.25) is 0 Å². The Labute approximate surface area is 92.1 Å². The summed E-state index contributed by atoms with van der Waals surface area (Å²) in [5, 5.41) is 3.02. The number of hydrogen-bond donors (Lipinski definition) is 2. The van der Waals surface area contributed by atoms with Crippen LogP contribution >= 0.6 is 0 Å². The third kappa shape index (κ3) is 3.34. The molecule has 0 aromatic heterocycles. The second-order valence-corrected chi connectivity index (χ2v) is 4.47. The Morgan fingerprint density at radius 3 is 3.00 bits per heavy atom. The van der Waals surface area contributed by atoms with Gasteiger partial charge in [0.25, 0.3) is 0 Å². The molecule has 1 rings (SSSR count). The molecule has 0 spiro atoms. The molecule has 1 saturated carbocycles. The topological polar surface area (TPSA) is 55.1 Å². The van der Waals surface area contributed by atoms with E-state index in [0.717, 1.165) is 25.7 Å². The molecule has 1 aliphatic carbocycles. The number of hydrogen-bond acceptors (Lipinski definition) is 2. The molecule has 0 saturated heterocycles. The Morgan fingerprint density at radius 2 is 2.40 bits per heavy atom. The van der Waals surface area contributed by atoms with Gasteiger partial charge in [0.1, 0.15) is 0 Å². The molecule has 0 heterocycles. The van der Waals surface area contributed by atoms with E-state index in [1.807, 2.05) is 13.0 Å². The molecule has 0 radical (unpaired) electrons. The van der Waals surface area contributed by atoms with Crippen molar-refractivity contribution in [1.29, 1.82) is 0 Å². The number of nitrogens with one attached hydrogen (secondary N) is 1. The molecule has 86 valence electrons. The first-order valence-corrected chi connectivity index (χ1v) is 5.80. The minimum atomic E-state index is 0.141. The van der Waals surface area contributed by atoms with Crippen molar-refractivity contribution in [3.63, 3.8) is 0 Å². The average molecular weight is 210 g/mol. The third-order valence-electron chi connectivity index (χ3n) is 3.21. The highest BCUT2D eigenvalue weighted by Crippen LogP contribution is 2.31. The maximum Gasteiger partial charge on any atom is 0.223 e. The molecule has 3 heteroatoms. The van der Waals surface area contributed by atoms with E-state index in [0.29, 0.717) is 12.5 Å². The molecular weight excluding hydrogens is 188 g/mol. The monoisotopic (exact) mass is 210 g/mol. The van der Waals surface area contributed by atoms with Crippen LogP contribution in [0.3, 0.4) is 0 Å². The molecule has 0 aliphatic heterocycles. The van der Waals surface area contributed by atoms with Crippen molar-refractivity contribution in [2.45, 2.75) is 38.6 Å². The highest BCUT2D eigenvalue weighted by atomic mass is 16.1. The predicted molar refractivity (Wildman–Crippen MR) is 62.3 cm³/mol. The maximum absolute atomic E-state index is 11.9. The van der Waals surface area contributed by atoms with E-state index >= 15 is 0 Å². The Bertz CT molecular complexity index is 228. The zero-order chi connectivity index (χ0) is 11.3. The van der Waals surface area contributed by atoms with Crippen LogP contribution in [0.5, 0.6) is 0 Å². The number of amides is 1. The van der Waals surface area contributed by atoms with Gasteiger partial charge in [-0.1, -0.05) is 12.5 Å². The minimum absolute atomic E-state index is 0.141. The van der Waals surface area contributed by atoms with Crippen molar-refractivity contribution in [1.82, 2.24) is 5.32 Å². The first kappa shape index (κ1) is 12.2. The van der Waals surface area contributed by atoms with Gasteiger partial charge in [0, 0.05) is 12.0 Å². The van der Waals surface area contributed by atoms with Crippen molar-refractivity contribution in [2.75, 3.05) is 6.54 Å². The Morgan fingerprint density at radius 1 is 1.67 bits per heavy atom. The largest absolute Gasteiger partial charge is 0.353 e. The molecule has 1 fully saturated rings. The van der Waals surface area contributed by atoms with E-state index in [1.54, 1.807) is 0 Å². The van der Waals surface area contributed by atoms with Crippen molar-refractivity contribution in [3.8, 4) is 0 Å². The summed E-state index contributed by atoms with van der Waals surface area (Å²) < 4.78 is 0. The van der Waals surface area contributed by atoms with E-state index in [1.165, 1.54) is 0 Å². The molecule has 1 amide bonds. The van der Waals surface area contributed by atoms with Crippen molar-refractivity contribution >= 4 is 5.91 Å². The van der Waals surface area contributed by atoms with E-state index in [4.69, 9.17) is 5.73 Å². The fourth-order valence-electron chi connectivity index (χ4n) is 2.32. The number of rotatable bonds is 5. The second kappa shape index (κ2) is 5.91. The van der Waals surface area contributed by atoms with Crippen LogP contribution in [-0.4, -0.2) is 18.5 Å². The molecule has 0 aromatic rings. The van der Waals surface area contributed by atoms with Gasteiger partial charge in [-0.2, -0.15) is 0 Å². The van der Waals surface area contributed by atoms with Crippen LogP contribution < -0.4 is 11.1 Å². The SMILES string of the molecule is C=CCC(C)NC(=O)[C@@H]1CCC[C@@H]1CN. The van der Waals surface area contributed by atoms with Crippen LogP contribution in [0.1, 0.15) is 32.6 Å². The average Bonchev–Trinajstić information content (AvgIpc) is 2.65. The Balaban J connectivity index is 2.42. The quantitative estimate of drug-likeness (QED) is 0.675. The van der Waals surface area contributed by atoms with E-state index < -0.39 is 0 Å². The van der Waals surface area contributed by atoms with Gasteiger partial charge in [0.2, 0.25) is 5.91 Å². The van der Waals surface area contributed by atoms with E-state index in [2.05, 4.69) is 11.9 Å². The fraction of sp³-hybridized carbons (Fsp3) is 0.750. The molecule has 0 aromatic carbocycles. The van der Waals surface area contributed by atoms with Gasteiger partial charge in [-0.25, -0.2) is 0 Å². The summed E-state index contributed by atoms with van der Waals surface area (Å²) in [6.45, 7) is 6.30. The van der Waals surface area contributed by atoms with E-state index in [-0.39, 0.29) is 17.9 Å². The molecule has 3 atom stereocenters. The van der Waals surface area contributed by atoms with Crippen molar-refractivity contribution in [3.05, 3.63) is 12.7 Å². The summed E-state index contributed by atoms with van der Waals surface area (Å²) >= 11 is 0. The molecule has 3 N–H and O–H groups in total. The van der Waals surface area contributed by atoms with Gasteiger partial charge < -0.3 is 11.1 Å². The number of carbonyl (C=O) groups excluding carboxylic acids is 1.